The fourth-order valence-electron chi connectivity index (χ4n) is 2.96. The third-order valence-corrected chi connectivity index (χ3v) is 4.22. The fourth-order valence-corrected chi connectivity index (χ4v) is 2.96. The predicted octanol–water partition coefficient (Wildman–Crippen LogP) is 4.34. The van der Waals surface area contributed by atoms with Gasteiger partial charge < -0.3 is 9.15 Å². The van der Waals surface area contributed by atoms with Gasteiger partial charge in [-0.15, -0.1) is 0 Å². The molecule has 2 aromatic carbocycles. The molecule has 0 bridgehead atoms. The number of hydrogen-bond donors (Lipinski definition) is 0. The molecule has 3 aromatic rings. The molecule has 0 saturated carbocycles. The number of rotatable bonds is 2. The highest BCUT2D eigenvalue weighted by atomic mass is 16.5. The van der Waals surface area contributed by atoms with E-state index in [-0.39, 0.29) is 11.5 Å². The lowest BCUT2D eigenvalue weighted by atomic mass is 10.0. The van der Waals surface area contributed by atoms with Crippen molar-refractivity contribution in [3.8, 4) is 17.1 Å². The van der Waals surface area contributed by atoms with Gasteiger partial charge in [-0.05, 0) is 24.6 Å². The summed E-state index contributed by atoms with van der Waals surface area (Å²) >= 11 is 0. The molecule has 4 rings (SSSR count). The summed E-state index contributed by atoms with van der Waals surface area (Å²) < 4.78 is 12.0. The molecule has 0 saturated heterocycles. The molecule has 2 heterocycles. The average molecular weight is 304 g/mol. The van der Waals surface area contributed by atoms with Crippen LogP contribution in [0.3, 0.4) is 0 Å². The third-order valence-electron chi connectivity index (χ3n) is 4.22. The Bertz CT molecular complexity index is 967. The van der Waals surface area contributed by atoms with Gasteiger partial charge in [0, 0.05) is 23.6 Å². The summed E-state index contributed by atoms with van der Waals surface area (Å²) in [5, 5.41) is 0.592. The first-order chi connectivity index (χ1) is 11.1. The van der Waals surface area contributed by atoms with E-state index in [0.29, 0.717) is 23.2 Å². The highest BCUT2D eigenvalue weighted by Crippen LogP contribution is 2.37. The van der Waals surface area contributed by atoms with Gasteiger partial charge >= 0.3 is 0 Å². The zero-order valence-corrected chi connectivity index (χ0v) is 12.8. The predicted molar refractivity (Wildman–Crippen MR) is 90.9 cm³/mol. The van der Waals surface area contributed by atoms with Gasteiger partial charge in [-0.2, -0.15) is 0 Å². The van der Waals surface area contributed by atoms with Crippen LogP contribution in [0.25, 0.3) is 22.3 Å². The molecule has 0 unspecified atom stereocenters. The van der Waals surface area contributed by atoms with Crippen molar-refractivity contribution in [2.24, 2.45) is 0 Å². The van der Waals surface area contributed by atoms with Gasteiger partial charge in [-0.1, -0.05) is 36.9 Å². The monoisotopic (exact) mass is 304 g/mol. The molecule has 1 aliphatic heterocycles. The molecule has 1 aromatic heterocycles. The molecular formula is C20H16O3. The van der Waals surface area contributed by atoms with Crippen LogP contribution in [0.2, 0.25) is 0 Å². The standard InChI is InChI=1S/C20H16O3/c1-12(2)18-10-15-17(22-18)9-8-14-16(21)11-19(23-20(14)15)13-6-4-3-5-7-13/h3-9,11,18H,1,10H2,2H3/t18-/m0/s1. The molecule has 114 valence electrons. The van der Waals surface area contributed by atoms with Crippen LogP contribution in [0.1, 0.15) is 12.5 Å². The SMILES string of the molecule is C=C(C)[C@@H]1Cc2c(ccc3c(=O)cc(-c4ccccc4)oc23)O1. The Morgan fingerprint density at radius 3 is 2.70 bits per heavy atom. The summed E-state index contributed by atoms with van der Waals surface area (Å²) in [4.78, 5) is 12.5. The lowest BCUT2D eigenvalue weighted by molar-refractivity contribution is 0.271. The van der Waals surface area contributed by atoms with Crippen molar-refractivity contribution in [1.82, 2.24) is 0 Å². The summed E-state index contributed by atoms with van der Waals surface area (Å²) in [7, 11) is 0. The van der Waals surface area contributed by atoms with Crippen LogP contribution in [-0.2, 0) is 6.42 Å². The smallest absolute Gasteiger partial charge is 0.193 e. The maximum Gasteiger partial charge on any atom is 0.193 e. The summed E-state index contributed by atoms with van der Waals surface area (Å²) in [6.07, 6.45) is 0.629. The van der Waals surface area contributed by atoms with Gasteiger partial charge in [0.05, 0.1) is 5.39 Å². The van der Waals surface area contributed by atoms with Gasteiger partial charge in [0.15, 0.2) is 5.43 Å². The normalized spacial score (nSPS) is 16.1. The van der Waals surface area contributed by atoms with Crippen LogP contribution in [0.4, 0.5) is 0 Å². The molecule has 23 heavy (non-hydrogen) atoms. The van der Waals surface area contributed by atoms with Crippen molar-refractivity contribution in [3.63, 3.8) is 0 Å². The second-order valence-corrected chi connectivity index (χ2v) is 5.92. The Labute approximate surface area is 133 Å². The molecule has 0 spiro atoms. The van der Waals surface area contributed by atoms with E-state index in [4.69, 9.17) is 9.15 Å². The largest absolute Gasteiger partial charge is 0.485 e. The Balaban J connectivity index is 1.94. The van der Waals surface area contributed by atoms with Crippen molar-refractivity contribution >= 4 is 11.0 Å². The van der Waals surface area contributed by atoms with E-state index in [9.17, 15) is 4.79 Å². The second-order valence-electron chi connectivity index (χ2n) is 5.92. The zero-order valence-electron chi connectivity index (χ0n) is 12.8. The fraction of sp³-hybridized carbons (Fsp3) is 0.150. The molecule has 1 atom stereocenters. The molecule has 1 aliphatic rings. The Kier molecular flexibility index (Phi) is 3.08. The molecule has 0 radical (unpaired) electrons. The van der Waals surface area contributed by atoms with Crippen LogP contribution in [-0.4, -0.2) is 6.10 Å². The van der Waals surface area contributed by atoms with Crippen LogP contribution in [0, 0.1) is 0 Å². The Hall–Kier alpha value is -2.81. The summed E-state index contributed by atoms with van der Waals surface area (Å²) in [6, 6.07) is 14.8. The first-order valence-electron chi connectivity index (χ1n) is 7.60. The van der Waals surface area contributed by atoms with E-state index in [0.717, 1.165) is 22.4 Å². The van der Waals surface area contributed by atoms with Crippen molar-refractivity contribution in [2.75, 3.05) is 0 Å². The highest BCUT2D eigenvalue weighted by Gasteiger charge is 2.27. The van der Waals surface area contributed by atoms with Gasteiger partial charge in [-0.25, -0.2) is 0 Å². The number of fused-ring (bicyclic) bond motifs is 3. The quantitative estimate of drug-likeness (QED) is 0.661. The molecule has 3 nitrogen and oxygen atoms in total. The second kappa shape index (κ2) is 5.13. The third kappa shape index (κ3) is 2.25. The Morgan fingerprint density at radius 2 is 1.96 bits per heavy atom. The molecule has 0 N–H and O–H groups in total. The number of benzene rings is 2. The van der Waals surface area contributed by atoms with Gasteiger partial charge in [0.2, 0.25) is 0 Å². The average Bonchev–Trinajstić information content (AvgIpc) is 3.00. The summed E-state index contributed by atoms with van der Waals surface area (Å²) in [5.74, 6) is 1.36. The minimum atomic E-state index is -0.0544. The van der Waals surface area contributed by atoms with Crippen LogP contribution in [0.5, 0.6) is 5.75 Å². The minimum absolute atomic E-state index is 0.0355. The summed E-state index contributed by atoms with van der Waals surface area (Å²) in [6.45, 7) is 5.91. The maximum atomic E-state index is 12.5. The van der Waals surface area contributed by atoms with Crippen molar-refractivity contribution in [2.45, 2.75) is 19.4 Å². The first-order valence-corrected chi connectivity index (χ1v) is 7.60. The van der Waals surface area contributed by atoms with Crippen molar-refractivity contribution in [1.29, 1.82) is 0 Å². The van der Waals surface area contributed by atoms with E-state index < -0.39 is 0 Å². The maximum absolute atomic E-state index is 12.5. The van der Waals surface area contributed by atoms with Gasteiger partial charge in [0.25, 0.3) is 0 Å². The van der Waals surface area contributed by atoms with E-state index >= 15 is 0 Å². The lowest BCUT2D eigenvalue weighted by Crippen LogP contribution is -2.13. The van der Waals surface area contributed by atoms with Crippen molar-refractivity contribution in [3.05, 3.63) is 76.5 Å². The van der Waals surface area contributed by atoms with E-state index in [1.807, 2.05) is 43.3 Å². The zero-order chi connectivity index (χ0) is 16.0. The molecule has 3 heteroatoms. The number of hydrogen-bond acceptors (Lipinski definition) is 3. The van der Waals surface area contributed by atoms with Crippen LogP contribution >= 0.6 is 0 Å². The first kappa shape index (κ1) is 13.8. The van der Waals surface area contributed by atoms with Crippen LogP contribution in [0.15, 0.2) is 69.9 Å². The van der Waals surface area contributed by atoms with Crippen LogP contribution < -0.4 is 10.2 Å². The summed E-state index contributed by atoms with van der Waals surface area (Å²) in [5.41, 5.74) is 3.39. The topological polar surface area (TPSA) is 39.4 Å². The number of ether oxygens (including phenoxy) is 1. The molecular weight excluding hydrogens is 288 g/mol. The molecule has 0 aliphatic carbocycles. The van der Waals surface area contributed by atoms with Crippen molar-refractivity contribution < 1.29 is 9.15 Å². The lowest BCUT2D eigenvalue weighted by Gasteiger charge is -2.08. The van der Waals surface area contributed by atoms with Gasteiger partial charge in [0.1, 0.15) is 23.2 Å². The highest BCUT2D eigenvalue weighted by molar-refractivity contribution is 5.84. The molecule has 0 amide bonds. The minimum Gasteiger partial charge on any atom is -0.485 e. The van der Waals surface area contributed by atoms with Gasteiger partial charge in [-0.3, -0.25) is 4.79 Å². The van der Waals surface area contributed by atoms with E-state index in [1.54, 1.807) is 12.1 Å². The van der Waals surface area contributed by atoms with E-state index in [1.165, 1.54) is 0 Å². The molecule has 0 fully saturated rings. The Morgan fingerprint density at radius 1 is 1.17 bits per heavy atom. The van der Waals surface area contributed by atoms with E-state index in [2.05, 4.69) is 6.58 Å².